The molecule has 0 radical (unpaired) electrons. The first-order valence-corrected chi connectivity index (χ1v) is 14.7. The molecule has 1 aromatic heterocycles. The van der Waals surface area contributed by atoms with Gasteiger partial charge in [0.2, 0.25) is 0 Å². The van der Waals surface area contributed by atoms with Crippen LogP contribution >= 0.6 is 11.3 Å². The largest absolute Gasteiger partial charge is 0.497 e. The van der Waals surface area contributed by atoms with Crippen molar-refractivity contribution in [1.82, 2.24) is 15.2 Å². The number of carbonyl (C=O) groups excluding carboxylic acids is 1. The minimum absolute atomic E-state index is 0.0636. The van der Waals surface area contributed by atoms with Crippen LogP contribution in [0.1, 0.15) is 10.4 Å². The maximum Gasteiger partial charge on any atom is 0.261 e. The van der Waals surface area contributed by atoms with Crippen molar-refractivity contribution in [3.63, 3.8) is 0 Å². The van der Waals surface area contributed by atoms with E-state index in [2.05, 4.69) is 24.8 Å². The molecule has 1 saturated heterocycles. The SMILES string of the molecule is COc1ccc(S(=O)(=O)Nc2ccccc2C(=O)NCCN2CCN(c3nc4c(F)cccc4s3)CC2)cc1. The van der Waals surface area contributed by atoms with E-state index >= 15 is 0 Å². The zero-order chi connectivity index (χ0) is 27.4. The van der Waals surface area contributed by atoms with Crippen LogP contribution in [0.25, 0.3) is 10.2 Å². The van der Waals surface area contributed by atoms with Gasteiger partial charge in [-0.3, -0.25) is 14.4 Å². The van der Waals surface area contributed by atoms with Gasteiger partial charge in [0.15, 0.2) is 5.13 Å². The smallest absolute Gasteiger partial charge is 0.261 e. The fourth-order valence-corrected chi connectivity index (χ4v) is 6.46. The highest BCUT2D eigenvalue weighted by Gasteiger charge is 2.22. The molecule has 2 heterocycles. The van der Waals surface area contributed by atoms with E-state index in [9.17, 15) is 17.6 Å². The first kappa shape index (κ1) is 26.9. The number of piperazine rings is 1. The quantitative estimate of drug-likeness (QED) is 0.316. The molecule has 0 aliphatic carbocycles. The molecule has 4 aromatic rings. The molecule has 12 heteroatoms. The Morgan fingerprint density at radius 3 is 2.49 bits per heavy atom. The topological polar surface area (TPSA) is 104 Å². The van der Waals surface area contributed by atoms with Crippen LogP contribution in [0.2, 0.25) is 0 Å². The number of rotatable bonds is 9. The number of amides is 1. The summed E-state index contributed by atoms with van der Waals surface area (Å²) in [6.07, 6.45) is 0. The van der Waals surface area contributed by atoms with Crippen LogP contribution in [-0.2, 0) is 10.0 Å². The second-order valence-corrected chi connectivity index (χ2v) is 11.7. The average Bonchev–Trinajstić information content (AvgIpc) is 3.39. The van der Waals surface area contributed by atoms with E-state index in [1.54, 1.807) is 42.5 Å². The van der Waals surface area contributed by atoms with Crippen LogP contribution in [0.15, 0.2) is 71.6 Å². The third-order valence-electron chi connectivity index (χ3n) is 6.50. The Morgan fingerprint density at radius 2 is 1.77 bits per heavy atom. The van der Waals surface area contributed by atoms with E-state index in [-0.39, 0.29) is 27.9 Å². The Morgan fingerprint density at radius 1 is 1.03 bits per heavy atom. The van der Waals surface area contributed by atoms with E-state index in [1.165, 1.54) is 36.6 Å². The normalized spacial score (nSPS) is 14.4. The average molecular weight is 570 g/mol. The fraction of sp³-hybridized carbons (Fsp3) is 0.259. The van der Waals surface area contributed by atoms with Gasteiger partial charge in [0.25, 0.3) is 15.9 Å². The summed E-state index contributed by atoms with van der Waals surface area (Å²) in [7, 11) is -2.39. The van der Waals surface area contributed by atoms with Crippen molar-refractivity contribution < 1.29 is 22.3 Å². The van der Waals surface area contributed by atoms with Crippen molar-refractivity contribution >= 4 is 48.3 Å². The zero-order valence-corrected chi connectivity index (χ0v) is 22.9. The zero-order valence-electron chi connectivity index (χ0n) is 21.3. The molecule has 0 spiro atoms. The number of nitrogens with one attached hydrogen (secondary N) is 2. The van der Waals surface area contributed by atoms with E-state index in [4.69, 9.17) is 4.74 Å². The van der Waals surface area contributed by atoms with Crippen molar-refractivity contribution in [3.8, 4) is 5.75 Å². The highest BCUT2D eigenvalue weighted by molar-refractivity contribution is 7.92. The molecule has 5 rings (SSSR count). The van der Waals surface area contributed by atoms with Gasteiger partial charge < -0.3 is 15.0 Å². The van der Waals surface area contributed by atoms with E-state index in [0.717, 1.165) is 36.0 Å². The number of anilines is 2. The third-order valence-corrected chi connectivity index (χ3v) is 8.96. The van der Waals surface area contributed by atoms with E-state index in [1.807, 2.05) is 6.07 Å². The lowest BCUT2D eigenvalue weighted by Crippen LogP contribution is -2.48. The Labute approximate surface area is 230 Å². The number of nitrogens with zero attached hydrogens (tertiary/aromatic N) is 3. The number of aromatic nitrogens is 1. The van der Waals surface area contributed by atoms with Crippen LogP contribution in [0, 0.1) is 5.82 Å². The van der Waals surface area contributed by atoms with Gasteiger partial charge in [0, 0.05) is 39.3 Å². The summed E-state index contributed by atoms with van der Waals surface area (Å²) in [6, 6.07) is 17.5. The molecular formula is C27H28FN5O4S2. The van der Waals surface area contributed by atoms with Gasteiger partial charge in [0.1, 0.15) is 17.1 Å². The maximum atomic E-state index is 14.0. The lowest BCUT2D eigenvalue weighted by atomic mass is 10.1. The number of ether oxygens (including phenoxy) is 1. The maximum absolute atomic E-state index is 14.0. The number of thiazole rings is 1. The molecule has 0 atom stereocenters. The fourth-order valence-electron chi connectivity index (χ4n) is 4.35. The lowest BCUT2D eigenvalue weighted by Gasteiger charge is -2.34. The predicted octanol–water partition coefficient (Wildman–Crippen LogP) is 3.80. The Balaban J connectivity index is 1.14. The number of benzene rings is 3. The van der Waals surface area contributed by atoms with Crippen LogP contribution in [-0.4, -0.2) is 70.6 Å². The number of sulfonamides is 1. The second-order valence-electron chi connectivity index (χ2n) is 8.99. The standard InChI is InChI=1S/C27H28FN5O4S2/c1-37-19-9-11-20(12-10-19)39(35,36)31-23-7-3-2-5-21(23)26(34)29-13-14-32-15-17-33(18-16-32)27-30-25-22(28)6-4-8-24(25)38-27/h2-12,31H,13-18H2,1H3,(H,29,34). The molecule has 3 aromatic carbocycles. The summed E-state index contributed by atoms with van der Waals surface area (Å²) < 4.78 is 48.2. The summed E-state index contributed by atoms with van der Waals surface area (Å²) in [4.78, 5) is 21.9. The Bertz CT molecular complexity index is 1570. The molecule has 1 aliphatic rings. The molecule has 0 bridgehead atoms. The Kier molecular flexibility index (Phi) is 7.96. The monoisotopic (exact) mass is 569 g/mol. The number of halogens is 1. The predicted molar refractivity (Wildman–Crippen MR) is 151 cm³/mol. The van der Waals surface area contributed by atoms with Gasteiger partial charge in [-0.15, -0.1) is 0 Å². The van der Waals surface area contributed by atoms with Crippen molar-refractivity contribution in [2.75, 3.05) is 56.0 Å². The van der Waals surface area contributed by atoms with Crippen molar-refractivity contribution in [2.24, 2.45) is 0 Å². The number of carbonyl (C=O) groups is 1. The minimum atomic E-state index is -3.89. The molecule has 39 heavy (non-hydrogen) atoms. The van der Waals surface area contributed by atoms with Gasteiger partial charge in [-0.1, -0.05) is 29.5 Å². The number of fused-ring (bicyclic) bond motifs is 1. The highest BCUT2D eigenvalue weighted by Crippen LogP contribution is 2.30. The number of hydrogen-bond acceptors (Lipinski definition) is 8. The van der Waals surface area contributed by atoms with Crippen molar-refractivity contribution in [1.29, 1.82) is 0 Å². The molecule has 1 amide bonds. The molecule has 0 unspecified atom stereocenters. The van der Waals surface area contributed by atoms with E-state index in [0.29, 0.717) is 24.4 Å². The van der Waals surface area contributed by atoms with Crippen LogP contribution in [0.4, 0.5) is 15.2 Å². The van der Waals surface area contributed by atoms with Crippen LogP contribution in [0.5, 0.6) is 5.75 Å². The van der Waals surface area contributed by atoms with Crippen LogP contribution < -0.4 is 19.7 Å². The van der Waals surface area contributed by atoms with E-state index < -0.39 is 10.0 Å². The molecule has 204 valence electrons. The molecule has 9 nitrogen and oxygen atoms in total. The summed E-state index contributed by atoms with van der Waals surface area (Å²) in [5, 5.41) is 3.71. The van der Waals surface area contributed by atoms with Gasteiger partial charge in [-0.25, -0.2) is 17.8 Å². The first-order chi connectivity index (χ1) is 18.8. The van der Waals surface area contributed by atoms with Gasteiger partial charge >= 0.3 is 0 Å². The number of para-hydroxylation sites is 2. The molecule has 1 aliphatic heterocycles. The molecule has 2 N–H and O–H groups in total. The summed E-state index contributed by atoms with van der Waals surface area (Å²) in [5.41, 5.74) is 0.850. The third kappa shape index (κ3) is 6.13. The van der Waals surface area contributed by atoms with Crippen molar-refractivity contribution in [2.45, 2.75) is 4.90 Å². The first-order valence-electron chi connectivity index (χ1n) is 12.4. The Hall–Kier alpha value is -3.74. The summed E-state index contributed by atoms with van der Waals surface area (Å²) in [6.45, 7) is 4.13. The van der Waals surface area contributed by atoms with Gasteiger partial charge in [-0.05, 0) is 48.5 Å². The second kappa shape index (κ2) is 11.6. The minimum Gasteiger partial charge on any atom is -0.497 e. The molecular weight excluding hydrogens is 541 g/mol. The molecule has 0 saturated carbocycles. The highest BCUT2D eigenvalue weighted by atomic mass is 32.2. The number of hydrogen-bond donors (Lipinski definition) is 2. The van der Waals surface area contributed by atoms with Crippen molar-refractivity contribution in [3.05, 3.63) is 78.1 Å². The molecule has 1 fully saturated rings. The van der Waals surface area contributed by atoms with Gasteiger partial charge in [0.05, 0.1) is 28.0 Å². The van der Waals surface area contributed by atoms with Gasteiger partial charge in [-0.2, -0.15) is 0 Å². The summed E-state index contributed by atoms with van der Waals surface area (Å²) >= 11 is 1.49. The lowest BCUT2D eigenvalue weighted by molar-refractivity contribution is 0.0948. The number of methoxy groups -OCH3 is 1. The van der Waals surface area contributed by atoms with Crippen LogP contribution in [0.3, 0.4) is 0 Å². The summed E-state index contributed by atoms with van der Waals surface area (Å²) in [5.74, 6) is -0.125.